The van der Waals surface area contributed by atoms with Crippen molar-refractivity contribution in [2.24, 2.45) is 0 Å². The Balaban J connectivity index is 2.83. The molecule has 22 heavy (non-hydrogen) atoms. The molecule has 1 aromatic carbocycles. The lowest BCUT2D eigenvalue weighted by atomic mass is 10.1. The Bertz CT molecular complexity index is 574. The number of hydrogen-bond donors (Lipinski definition) is 2. The number of nitrogens with zero attached hydrogens (tertiary/aromatic N) is 1. The van der Waals surface area contributed by atoms with Gasteiger partial charge in [0.15, 0.2) is 5.75 Å². The molecule has 0 fully saturated rings. The third kappa shape index (κ3) is 4.44. The van der Waals surface area contributed by atoms with Crippen LogP contribution in [0.15, 0.2) is 18.2 Å². The van der Waals surface area contributed by atoms with Gasteiger partial charge in [0.05, 0.1) is 12.0 Å². The third-order valence-electron chi connectivity index (χ3n) is 2.93. The summed E-state index contributed by atoms with van der Waals surface area (Å²) in [5.41, 5.74) is -0.221. The highest BCUT2D eigenvalue weighted by molar-refractivity contribution is 5.98. The van der Waals surface area contributed by atoms with E-state index in [0.29, 0.717) is 6.54 Å². The van der Waals surface area contributed by atoms with E-state index in [0.717, 1.165) is 12.5 Å². The van der Waals surface area contributed by atoms with E-state index < -0.39 is 16.9 Å². The van der Waals surface area contributed by atoms with Gasteiger partial charge in [-0.05, 0) is 25.5 Å². The number of carbonyl (C=O) groups is 2. The minimum absolute atomic E-state index is 0.0651. The van der Waals surface area contributed by atoms with Crippen LogP contribution in [0.5, 0.6) is 5.75 Å². The van der Waals surface area contributed by atoms with E-state index >= 15 is 0 Å². The van der Waals surface area contributed by atoms with Gasteiger partial charge in [-0.2, -0.15) is 0 Å². The Morgan fingerprint density at radius 3 is 2.64 bits per heavy atom. The zero-order valence-corrected chi connectivity index (χ0v) is 12.7. The van der Waals surface area contributed by atoms with Crippen molar-refractivity contribution in [3.8, 4) is 5.75 Å². The van der Waals surface area contributed by atoms with Gasteiger partial charge in [0.25, 0.3) is 5.91 Å². The molecule has 0 aliphatic carbocycles. The van der Waals surface area contributed by atoms with E-state index in [9.17, 15) is 19.7 Å². The molecule has 0 bridgehead atoms. The Labute approximate surface area is 128 Å². The molecule has 0 spiro atoms. The second kappa shape index (κ2) is 7.96. The minimum atomic E-state index is -0.736. The van der Waals surface area contributed by atoms with Crippen molar-refractivity contribution in [1.82, 2.24) is 10.6 Å². The average Bonchev–Trinajstić information content (AvgIpc) is 2.51. The molecule has 0 saturated heterocycles. The van der Waals surface area contributed by atoms with Crippen molar-refractivity contribution in [3.63, 3.8) is 0 Å². The molecule has 0 heterocycles. The van der Waals surface area contributed by atoms with Crippen molar-refractivity contribution < 1.29 is 19.2 Å². The van der Waals surface area contributed by atoms with Gasteiger partial charge in [0, 0.05) is 18.2 Å². The van der Waals surface area contributed by atoms with Crippen molar-refractivity contribution in [1.29, 1.82) is 0 Å². The standard InChI is InChI=1S/C14H19N3O5/c1-4-7-15-13(18)9(2)16-14(19)10-5-6-12(22-3)11(8-10)17(20)21/h5-6,8-9H,4,7H2,1-3H3,(H,15,18)(H,16,19). The van der Waals surface area contributed by atoms with Gasteiger partial charge >= 0.3 is 5.69 Å². The fraction of sp³-hybridized carbons (Fsp3) is 0.429. The van der Waals surface area contributed by atoms with Gasteiger partial charge in [-0.25, -0.2) is 0 Å². The van der Waals surface area contributed by atoms with Crippen LogP contribution >= 0.6 is 0 Å². The number of carbonyl (C=O) groups excluding carboxylic acids is 2. The highest BCUT2D eigenvalue weighted by atomic mass is 16.6. The van der Waals surface area contributed by atoms with Crippen molar-refractivity contribution >= 4 is 17.5 Å². The normalized spacial score (nSPS) is 11.4. The van der Waals surface area contributed by atoms with E-state index in [1.807, 2.05) is 6.92 Å². The van der Waals surface area contributed by atoms with Gasteiger partial charge in [-0.15, -0.1) is 0 Å². The molecule has 0 saturated carbocycles. The molecule has 1 unspecified atom stereocenters. The lowest BCUT2D eigenvalue weighted by Gasteiger charge is -2.14. The minimum Gasteiger partial charge on any atom is -0.490 e. The lowest BCUT2D eigenvalue weighted by molar-refractivity contribution is -0.385. The van der Waals surface area contributed by atoms with Crippen LogP contribution in [0.3, 0.4) is 0 Å². The Hall–Kier alpha value is -2.64. The van der Waals surface area contributed by atoms with Gasteiger partial charge in [0.2, 0.25) is 5.91 Å². The van der Waals surface area contributed by atoms with Crippen LogP contribution in [0.2, 0.25) is 0 Å². The first-order valence-corrected chi connectivity index (χ1v) is 6.81. The number of ether oxygens (including phenoxy) is 1. The van der Waals surface area contributed by atoms with Gasteiger partial charge in [-0.3, -0.25) is 19.7 Å². The van der Waals surface area contributed by atoms with Crippen LogP contribution in [0.1, 0.15) is 30.6 Å². The highest BCUT2D eigenvalue weighted by Crippen LogP contribution is 2.27. The Morgan fingerprint density at radius 1 is 1.41 bits per heavy atom. The zero-order valence-electron chi connectivity index (χ0n) is 12.7. The molecule has 0 aliphatic rings. The molecule has 8 nitrogen and oxygen atoms in total. The first kappa shape index (κ1) is 17.4. The van der Waals surface area contributed by atoms with E-state index in [4.69, 9.17) is 4.74 Å². The molecule has 8 heteroatoms. The number of nitro groups is 1. The summed E-state index contributed by atoms with van der Waals surface area (Å²) < 4.78 is 4.87. The van der Waals surface area contributed by atoms with Crippen molar-refractivity contribution in [3.05, 3.63) is 33.9 Å². The van der Waals surface area contributed by atoms with Crippen LogP contribution < -0.4 is 15.4 Å². The van der Waals surface area contributed by atoms with E-state index in [1.165, 1.54) is 19.2 Å². The maximum atomic E-state index is 12.1. The SMILES string of the molecule is CCCNC(=O)C(C)NC(=O)c1ccc(OC)c([N+](=O)[O-])c1. The first-order chi connectivity index (χ1) is 10.4. The summed E-state index contributed by atoms with van der Waals surface area (Å²) in [7, 11) is 1.31. The molecule has 2 N–H and O–H groups in total. The molecule has 1 aromatic rings. The molecular formula is C14H19N3O5. The number of nitro benzene ring substituents is 1. The third-order valence-corrected chi connectivity index (χ3v) is 2.93. The number of benzene rings is 1. The molecule has 2 amide bonds. The average molecular weight is 309 g/mol. The van der Waals surface area contributed by atoms with Gasteiger partial charge in [-0.1, -0.05) is 6.92 Å². The second-order valence-corrected chi connectivity index (χ2v) is 4.63. The zero-order chi connectivity index (χ0) is 16.7. The number of amides is 2. The Kier molecular flexibility index (Phi) is 6.30. The summed E-state index contributed by atoms with van der Waals surface area (Å²) >= 11 is 0. The summed E-state index contributed by atoms with van der Waals surface area (Å²) in [6.07, 6.45) is 0.789. The van der Waals surface area contributed by atoms with Crippen LogP contribution in [0.4, 0.5) is 5.69 Å². The summed E-state index contributed by atoms with van der Waals surface area (Å²) in [6.45, 7) is 3.98. The molecule has 0 aromatic heterocycles. The number of nitrogens with one attached hydrogen (secondary N) is 2. The summed E-state index contributed by atoms with van der Waals surface area (Å²) in [4.78, 5) is 34.0. The topological polar surface area (TPSA) is 111 Å². The second-order valence-electron chi connectivity index (χ2n) is 4.63. The van der Waals surface area contributed by atoms with Crippen molar-refractivity contribution in [2.45, 2.75) is 26.3 Å². The van der Waals surface area contributed by atoms with E-state index in [-0.39, 0.29) is 22.9 Å². The molecule has 1 atom stereocenters. The number of methoxy groups -OCH3 is 1. The van der Waals surface area contributed by atoms with Crippen LogP contribution in [-0.2, 0) is 4.79 Å². The molecule has 120 valence electrons. The predicted octanol–water partition coefficient (Wildman–Crippen LogP) is 1.25. The molecule has 0 radical (unpaired) electrons. The monoisotopic (exact) mass is 309 g/mol. The molecular weight excluding hydrogens is 290 g/mol. The smallest absolute Gasteiger partial charge is 0.311 e. The highest BCUT2D eigenvalue weighted by Gasteiger charge is 2.20. The van der Waals surface area contributed by atoms with E-state index in [1.54, 1.807) is 6.92 Å². The van der Waals surface area contributed by atoms with Crippen LogP contribution in [0.25, 0.3) is 0 Å². The number of hydrogen-bond acceptors (Lipinski definition) is 5. The predicted molar refractivity (Wildman–Crippen MR) is 79.9 cm³/mol. The first-order valence-electron chi connectivity index (χ1n) is 6.81. The summed E-state index contributed by atoms with van der Waals surface area (Å²) in [5, 5.41) is 16.1. The van der Waals surface area contributed by atoms with E-state index in [2.05, 4.69) is 10.6 Å². The van der Waals surface area contributed by atoms with Gasteiger partial charge < -0.3 is 15.4 Å². The summed E-state index contributed by atoms with van der Waals surface area (Å²) in [5.74, 6) is -0.807. The van der Waals surface area contributed by atoms with Crippen LogP contribution in [-0.4, -0.2) is 36.4 Å². The largest absolute Gasteiger partial charge is 0.490 e. The fourth-order valence-corrected chi connectivity index (χ4v) is 1.72. The molecule has 1 rings (SSSR count). The fourth-order valence-electron chi connectivity index (χ4n) is 1.72. The maximum absolute atomic E-state index is 12.1. The lowest BCUT2D eigenvalue weighted by Crippen LogP contribution is -2.45. The Morgan fingerprint density at radius 2 is 2.09 bits per heavy atom. The quantitative estimate of drug-likeness (QED) is 0.581. The maximum Gasteiger partial charge on any atom is 0.311 e. The van der Waals surface area contributed by atoms with Crippen molar-refractivity contribution in [2.75, 3.05) is 13.7 Å². The molecule has 0 aliphatic heterocycles. The summed E-state index contributed by atoms with van der Waals surface area (Å²) in [6, 6.07) is 3.12. The van der Waals surface area contributed by atoms with Gasteiger partial charge in [0.1, 0.15) is 6.04 Å². The number of rotatable bonds is 7. The van der Waals surface area contributed by atoms with Crippen LogP contribution in [0, 0.1) is 10.1 Å².